The molecule has 0 aliphatic carbocycles. The van der Waals surface area contributed by atoms with Crippen LogP contribution in [0.2, 0.25) is 0 Å². The Balaban J connectivity index is 1.71. The number of ether oxygens (including phenoxy) is 2. The molecule has 1 aliphatic rings. The lowest BCUT2D eigenvalue weighted by molar-refractivity contribution is 0.0950. The number of benzene rings is 3. The maximum atomic E-state index is 14.0. The molecule has 0 N–H and O–H groups in total. The van der Waals surface area contributed by atoms with Crippen molar-refractivity contribution in [3.05, 3.63) is 66.2 Å². The summed E-state index contributed by atoms with van der Waals surface area (Å²) in [6.45, 7) is 6.67. The molecular weight excluding hydrogens is 416 g/mol. The van der Waals surface area contributed by atoms with E-state index in [0.29, 0.717) is 0 Å². The molecule has 1 atom stereocenters. The highest BCUT2D eigenvalue weighted by Gasteiger charge is 2.46. The van der Waals surface area contributed by atoms with Crippen LogP contribution in [-0.2, 0) is 10.9 Å². The zero-order chi connectivity index (χ0) is 22.7. The van der Waals surface area contributed by atoms with E-state index in [2.05, 4.69) is 20.8 Å². The number of hydrogen-bond acceptors (Lipinski definition) is 3. The lowest BCUT2D eigenvalue weighted by atomic mass is 9.85. The molecule has 3 nitrogen and oxygen atoms in total. The fourth-order valence-corrected chi connectivity index (χ4v) is 7.88. The summed E-state index contributed by atoms with van der Waals surface area (Å²) in [7, 11) is 1.79. The zero-order valence-electron chi connectivity index (χ0n) is 19.5. The monoisotopic (exact) mass is 449 g/mol. The van der Waals surface area contributed by atoms with Gasteiger partial charge in [-0.05, 0) is 71.9 Å². The van der Waals surface area contributed by atoms with Gasteiger partial charge in [-0.1, -0.05) is 45.0 Å². The highest BCUT2D eigenvalue weighted by molar-refractivity contribution is 7.98. The third-order valence-electron chi connectivity index (χ3n) is 6.11. The summed E-state index contributed by atoms with van der Waals surface area (Å²) in [5.74, 6) is 4.95. The summed E-state index contributed by atoms with van der Waals surface area (Å²) in [5, 5.41) is 1.99. The van der Waals surface area contributed by atoms with E-state index in [-0.39, 0.29) is 27.3 Å². The average Bonchev–Trinajstić information content (AvgIpc) is 2.79. The summed E-state index contributed by atoms with van der Waals surface area (Å²) >= 11 is 0. The SMILES string of the molecule is COc1ccc(Oc2ccc(C(=O)C([S+]3CCCCC3)C(C)(C)C)c3ccccc23)cc1. The molecule has 4 rings (SSSR count). The Morgan fingerprint density at radius 2 is 1.47 bits per heavy atom. The first-order valence-electron chi connectivity index (χ1n) is 11.4. The summed E-state index contributed by atoms with van der Waals surface area (Å²) < 4.78 is 11.4. The van der Waals surface area contributed by atoms with Crippen LogP contribution >= 0.6 is 0 Å². The van der Waals surface area contributed by atoms with Crippen LogP contribution in [0.15, 0.2) is 60.7 Å². The molecule has 1 fully saturated rings. The van der Waals surface area contributed by atoms with Crippen LogP contribution in [0.1, 0.15) is 50.4 Å². The van der Waals surface area contributed by atoms with Crippen LogP contribution in [-0.4, -0.2) is 29.6 Å². The molecular formula is C28H33O3S+. The number of rotatable bonds is 6. The van der Waals surface area contributed by atoms with Gasteiger partial charge in [0.25, 0.3) is 0 Å². The molecule has 0 amide bonds. The fraction of sp³-hybridized carbons (Fsp3) is 0.393. The van der Waals surface area contributed by atoms with Gasteiger partial charge in [0, 0.05) is 16.4 Å². The molecule has 1 saturated heterocycles. The molecule has 0 aromatic heterocycles. The van der Waals surface area contributed by atoms with E-state index in [0.717, 1.165) is 33.6 Å². The van der Waals surface area contributed by atoms with E-state index in [1.54, 1.807) is 7.11 Å². The van der Waals surface area contributed by atoms with Crippen LogP contribution in [0.3, 0.4) is 0 Å². The smallest absolute Gasteiger partial charge is 0.216 e. The summed E-state index contributed by atoms with van der Waals surface area (Å²) in [5.41, 5.74) is 0.761. The van der Waals surface area contributed by atoms with Crippen molar-refractivity contribution in [3.8, 4) is 17.2 Å². The maximum Gasteiger partial charge on any atom is 0.216 e. The van der Waals surface area contributed by atoms with Crippen LogP contribution < -0.4 is 9.47 Å². The van der Waals surface area contributed by atoms with Gasteiger partial charge >= 0.3 is 0 Å². The van der Waals surface area contributed by atoms with Crippen molar-refractivity contribution in [1.82, 2.24) is 0 Å². The van der Waals surface area contributed by atoms with Crippen molar-refractivity contribution in [1.29, 1.82) is 0 Å². The first kappa shape index (κ1) is 22.7. The van der Waals surface area contributed by atoms with Crippen molar-refractivity contribution < 1.29 is 14.3 Å². The van der Waals surface area contributed by atoms with Crippen molar-refractivity contribution in [2.24, 2.45) is 5.41 Å². The van der Waals surface area contributed by atoms with E-state index in [9.17, 15) is 4.79 Å². The van der Waals surface area contributed by atoms with Gasteiger partial charge in [-0.3, -0.25) is 4.79 Å². The minimum atomic E-state index is -0.0586. The Bertz CT molecular complexity index is 1080. The van der Waals surface area contributed by atoms with Gasteiger partial charge in [0.05, 0.1) is 7.11 Å². The predicted octanol–water partition coefficient (Wildman–Crippen LogP) is 7.04. The van der Waals surface area contributed by atoms with E-state index in [1.807, 2.05) is 60.7 Å². The molecule has 1 heterocycles. The lowest BCUT2D eigenvalue weighted by Gasteiger charge is -2.31. The second-order valence-electron chi connectivity index (χ2n) is 9.55. The van der Waals surface area contributed by atoms with Crippen molar-refractivity contribution in [2.75, 3.05) is 18.6 Å². The number of carbonyl (C=O) groups is 1. The molecule has 0 radical (unpaired) electrons. The third-order valence-corrected chi connectivity index (χ3v) is 9.32. The largest absolute Gasteiger partial charge is 0.497 e. The molecule has 4 heteroatoms. The number of Topliss-reactive ketones (excluding diaryl/α,β-unsaturated/α-hetero) is 1. The molecule has 1 aliphatic heterocycles. The zero-order valence-corrected chi connectivity index (χ0v) is 20.3. The maximum absolute atomic E-state index is 14.0. The first-order valence-corrected chi connectivity index (χ1v) is 13.1. The average molecular weight is 450 g/mol. The van der Waals surface area contributed by atoms with E-state index >= 15 is 0 Å². The lowest BCUT2D eigenvalue weighted by Crippen LogP contribution is -2.45. The molecule has 0 saturated carbocycles. The Kier molecular flexibility index (Phi) is 6.80. The molecule has 32 heavy (non-hydrogen) atoms. The van der Waals surface area contributed by atoms with Gasteiger partial charge in [0.2, 0.25) is 5.78 Å². The van der Waals surface area contributed by atoms with Gasteiger partial charge in [0.1, 0.15) is 28.8 Å². The van der Waals surface area contributed by atoms with Gasteiger partial charge in [-0.15, -0.1) is 0 Å². The molecule has 168 valence electrons. The molecule has 3 aromatic carbocycles. The third kappa shape index (κ3) is 4.80. The van der Waals surface area contributed by atoms with Crippen LogP contribution in [0.25, 0.3) is 10.8 Å². The van der Waals surface area contributed by atoms with E-state index in [1.165, 1.54) is 30.8 Å². The number of methoxy groups -OCH3 is 1. The Morgan fingerprint density at radius 3 is 2.09 bits per heavy atom. The van der Waals surface area contributed by atoms with Crippen LogP contribution in [0, 0.1) is 5.41 Å². The fourth-order valence-electron chi connectivity index (χ4n) is 4.62. The number of carbonyl (C=O) groups excluding carboxylic acids is 1. The number of hydrogen-bond donors (Lipinski definition) is 0. The van der Waals surface area contributed by atoms with Crippen LogP contribution in [0.4, 0.5) is 0 Å². The van der Waals surface area contributed by atoms with Gasteiger partial charge in [-0.2, -0.15) is 0 Å². The summed E-state index contributed by atoms with van der Waals surface area (Å²) in [6.07, 6.45) is 3.80. The minimum Gasteiger partial charge on any atom is -0.497 e. The van der Waals surface area contributed by atoms with E-state index < -0.39 is 0 Å². The molecule has 1 unspecified atom stereocenters. The Hall–Kier alpha value is -2.46. The predicted molar refractivity (Wildman–Crippen MR) is 136 cm³/mol. The van der Waals surface area contributed by atoms with Gasteiger partial charge in [0.15, 0.2) is 5.25 Å². The summed E-state index contributed by atoms with van der Waals surface area (Å²) in [4.78, 5) is 14.0. The molecule has 0 spiro atoms. The number of ketones is 1. The topological polar surface area (TPSA) is 35.5 Å². The molecule has 0 bridgehead atoms. The highest BCUT2D eigenvalue weighted by Crippen LogP contribution is 2.37. The quantitative estimate of drug-likeness (QED) is 0.299. The number of fused-ring (bicyclic) bond motifs is 1. The van der Waals surface area contributed by atoms with Crippen molar-refractivity contribution >= 4 is 27.5 Å². The van der Waals surface area contributed by atoms with Gasteiger partial charge in [-0.25, -0.2) is 0 Å². The standard InChI is InChI=1S/C28H33O3S/c1-28(2,3)27(32-18-8-5-9-19-32)26(29)24-16-17-25(23-11-7-6-10-22(23)24)31-21-14-12-20(30-4)13-15-21/h6-7,10-17,27H,5,8-9,18-19H2,1-4H3/q+1. The van der Waals surface area contributed by atoms with E-state index in [4.69, 9.17) is 9.47 Å². The van der Waals surface area contributed by atoms with Gasteiger partial charge < -0.3 is 9.47 Å². The van der Waals surface area contributed by atoms with Crippen molar-refractivity contribution in [3.63, 3.8) is 0 Å². The minimum absolute atomic E-state index is 0.0552. The Morgan fingerprint density at radius 1 is 0.844 bits per heavy atom. The second-order valence-corrected chi connectivity index (χ2v) is 11.9. The first-order chi connectivity index (χ1) is 15.4. The summed E-state index contributed by atoms with van der Waals surface area (Å²) in [6, 6.07) is 19.6. The normalized spacial score (nSPS) is 16.0. The second kappa shape index (κ2) is 9.58. The Labute approximate surface area is 194 Å². The van der Waals surface area contributed by atoms with Crippen LogP contribution in [0.5, 0.6) is 17.2 Å². The van der Waals surface area contributed by atoms with Crippen molar-refractivity contribution in [2.45, 2.75) is 45.3 Å². The molecule has 3 aromatic rings. The highest BCUT2D eigenvalue weighted by atomic mass is 32.2.